The molecule has 1 unspecified atom stereocenters. The Morgan fingerprint density at radius 1 is 1.31 bits per heavy atom. The summed E-state index contributed by atoms with van der Waals surface area (Å²) in [6.07, 6.45) is 0. The predicted molar refractivity (Wildman–Crippen MR) is 58.5 cm³/mol. The van der Waals surface area contributed by atoms with Crippen molar-refractivity contribution in [2.24, 2.45) is 5.16 Å². The first kappa shape index (κ1) is 8.97. The van der Waals surface area contributed by atoms with Crippen molar-refractivity contribution in [1.29, 1.82) is 0 Å². The van der Waals surface area contributed by atoms with Gasteiger partial charge in [0.2, 0.25) is 0 Å². The number of rotatable bonds is 1. The molecular formula is C9H9NOS2. The van der Waals surface area contributed by atoms with Gasteiger partial charge in [0.15, 0.2) is 4.38 Å². The van der Waals surface area contributed by atoms with Gasteiger partial charge >= 0.3 is 0 Å². The summed E-state index contributed by atoms with van der Waals surface area (Å²) in [5.41, 5.74) is 1.30. The summed E-state index contributed by atoms with van der Waals surface area (Å²) in [5, 5.41) is 12.2. The summed E-state index contributed by atoms with van der Waals surface area (Å²) in [7, 11) is 0. The van der Waals surface area contributed by atoms with Crippen LogP contribution >= 0.6 is 23.5 Å². The van der Waals surface area contributed by atoms with Crippen molar-refractivity contribution in [3.63, 3.8) is 0 Å². The maximum absolute atomic E-state index is 8.58. The average Bonchev–Trinajstić information content (AvgIpc) is 2.67. The van der Waals surface area contributed by atoms with Crippen molar-refractivity contribution in [3.05, 3.63) is 35.9 Å². The molecule has 1 aromatic rings. The minimum atomic E-state index is 0.442. The molecule has 0 radical (unpaired) electrons. The maximum atomic E-state index is 8.58. The maximum Gasteiger partial charge on any atom is 0.169 e. The second-order valence-electron chi connectivity index (χ2n) is 2.69. The molecule has 1 aromatic carbocycles. The van der Waals surface area contributed by atoms with Gasteiger partial charge in [-0.15, -0.1) is 0 Å². The second kappa shape index (κ2) is 4.07. The van der Waals surface area contributed by atoms with E-state index in [0.717, 1.165) is 10.1 Å². The Morgan fingerprint density at radius 3 is 2.69 bits per heavy atom. The molecule has 2 nitrogen and oxygen atoms in total. The third-order valence-corrected chi connectivity index (χ3v) is 4.54. The van der Waals surface area contributed by atoms with E-state index in [1.165, 1.54) is 5.56 Å². The first-order chi connectivity index (χ1) is 6.40. The fourth-order valence-electron chi connectivity index (χ4n) is 1.22. The van der Waals surface area contributed by atoms with Crippen molar-refractivity contribution in [2.75, 3.05) is 5.75 Å². The number of hydrogen-bond acceptors (Lipinski definition) is 4. The highest BCUT2D eigenvalue weighted by atomic mass is 32.2. The van der Waals surface area contributed by atoms with Crippen LogP contribution in [0.1, 0.15) is 10.8 Å². The Kier molecular flexibility index (Phi) is 2.80. The number of benzene rings is 1. The third kappa shape index (κ3) is 2.00. The van der Waals surface area contributed by atoms with Gasteiger partial charge in [-0.05, 0) is 5.56 Å². The van der Waals surface area contributed by atoms with Gasteiger partial charge in [-0.3, -0.25) is 0 Å². The molecule has 1 saturated heterocycles. The van der Waals surface area contributed by atoms with E-state index in [9.17, 15) is 0 Å². The molecule has 0 spiro atoms. The van der Waals surface area contributed by atoms with Gasteiger partial charge in [-0.25, -0.2) is 0 Å². The van der Waals surface area contributed by atoms with Crippen molar-refractivity contribution in [1.82, 2.24) is 0 Å². The van der Waals surface area contributed by atoms with Crippen LogP contribution in [0.3, 0.4) is 0 Å². The molecule has 0 aromatic heterocycles. The monoisotopic (exact) mass is 211 g/mol. The van der Waals surface area contributed by atoms with Crippen LogP contribution in [0.15, 0.2) is 35.5 Å². The highest BCUT2D eigenvalue weighted by molar-refractivity contribution is 8.41. The largest absolute Gasteiger partial charge is 0.410 e. The fraction of sp³-hybridized carbons (Fsp3) is 0.222. The van der Waals surface area contributed by atoms with Crippen molar-refractivity contribution in [3.8, 4) is 0 Å². The van der Waals surface area contributed by atoms with Crippen molar-refractivity contribution in [2.45, 2.75) is 5.25 Å². The first-order valence-corrected chi connectivity index (χ1v) is 5.83. The van der Waals surface area contributed by atoms with Crippen molar-refractivity contribution < 1.29 is 5.21 Å². The Hall–Kier alpha value is -0.610. The van der Waals surface area contributed by atoms with E-state index in [0.29, 0.717) is 5.25 Å². The zero-order valence-electron chi connectivity index (χ0n) is 6.88. The van der Waals surface area contributed by atoms with Crippen LogP contribution < -0.4 is 0 Å². The third-order valence-electron chi connectivity index (χ3n) is 1.85. The van der Waals surface area contributed by atoms with E-state index >= 15 is 0 Å². The molecule has 0 aliphatic carbocycles. The molecule has 4 heteroatoms. The summed E-state index contributed by atoms with van der Waals surface area (Å²) in [5.74, 6) is 0.994. The van der Waals surface area contributed by atoms with Gasteiger partial charge in [0, 0.05) is 11.0 Å². The molecule has 1 aliphatic rings. The molecular weight excluding hydrogens is 202 g/mol. The Morgan fingerprint density at radius 2 is 2.08 bits per heavy atom. The van der Waals surface area contributed by atoms with Crippen LogP contribution in [-0.4, -0.2) is 15.3 Å². The lowest BCUT2D eigenvalue weighted by Crippen LogP contribution is -1.90. The van der Waals surface area contributed by atoms with Crippen LogP contribution in [0.25, 0.3) is 0 Å². The Bertz CT molecular complexity index is 313. The van der Waals surface area contributed by atoms with E-state index < -0.39 is 0 Å². The van der Waals surface area contributed by atoms with E-state index in [2.05, 4.69) is 17.3 Å². The number of hydrogen-bond donors (Lipinski definition) is 1. The summed E-state index contributed by atoms with van der Waals surface area (Å²) in [6, 6.07) is 10.3. The minimum Gasteiger partial charge on any atom is -0.410 e. The molecule has 2 rings (SSSR count). The topological polar surface area (TPSA) is 32.6 Å². The normalized spacial score (nSPS) is 25.2. The molecule has 0 saturated carbocycles. The fourth-order valence-corrected chi connectivity index (χ4v) is 3.65. The lowest BCUT2D eigenvalue weighted by atomic mass is 10.2. The quantitative estimate of drug-likeness (QED) is 0.572. The zero-order chi connectivity index (χ0) is 9.10. The van der Waals surface area contributed by atoms with Crippen LogP contribution in [0.2, 0.25) is 0 Å². The van der Waals surface area contributed by atoms with E-state index in [1.807, 2.05) is 18.2 Å². The van der Waals surface area contributed by atoms with Crippen LogP contribution in [-0.2, 0) is 0 Å². The van der Waals surface area contributed by atoms with Gasteiger partial charge in [0.05, 0.1) is 0 Å². The average molecular weight is 211 g/mol. The van der Waals surface area contributed by atoms with Gasteiger partial charge in [0.1, 0.15) is 0 Å². The summed E-state index contributed by atoms with van der Waals surface area (Å²) in [6.45, 7) is 0. The first-order valence-electron chi connectivity index (χ1n) is 3.96. The molecule has 13 heavy (non-hydrogen) atoms. The van der Waals surface area contributed by atoms with Crippen LogP contribution in [0.4, 0.5) is 0 Å². The standard InChI is InChI=1S/C9H9NOS2/c11-10-9-12-6-8(13-9)7-4-2-1-3-5-7/h1-5,8,11H,6H2/b10-9+. The van der Waals surface area contributed by atoms with E-state index in [-0.39, 0.29) is 0 Å². The molecule has 1 fully saturated rings. The lowest BCUT2D eigenvalue weighted by molar-refractivity contribution is 0.322. The number of thioether (sulfide) groups is 2. The molecule has 1 aliphatic heterocycles. The molecule has 1 atom stereocenters. The molecule has 68 valence electrons. The smallest absolute Gasteiger partial charge is 0.169 e. The van der Waals surface area contributed by atoms with Gasteiger partial charge in [-0.2, -0.15) is 0 Å². The number of nitrogens with zero attached hydrogens (tertiary/aromatic N) is 1. The Labute approximate surface area is 85.4 Å². The predicted octanol–water partition coefficient (Wildman–Crippen LogP) is 2.95. The lowest BCUT2D eigenvalue weighted by Gasteiger charge is -2.05. The minimum absolute atomic E-state index is 0.442. The molecule has 0 bridgehead atoms. The van der Waals surface area contributed by atoms with Crippen LogP contribution in [0.5, 0.6) is 0 Å². The van der Waals surface area contributed by atoms with Gasteiger partial charge in [0.25, 0.3) is 0 Å². The highest BCUT2D eigenvalue weighted by Gasteiger charge is 2.23. The van der Waals surface area contributed by atoms with E-state index in [1.54, 1.807) is 23.5 Å². The summed E-state index contributed by atoms with van der Waals surface area (Å²) >= 11 is 3.23. The molecule has 1 heterocycles. The second-order valence-corrected chi connectivity index (χ2v) is 5.15. The molecule has 0 amide bonds. The number of oxime groups is 1. The Balaban J connectivity index is 2.13. The van der Waals surface area contributed by atoms with Crippen molar-refractivity contribution >= 4 is 27.9 Å². The van der Waals surface area contributed by atoms with Crippen LogP contribution in [0, 0.1) is 0 Å². The van der Waals surface area contributed by atoms with E-state index in [4.69, 9.17) is 5.21 Å². The summed E-state index contributed by atoms with van der Waals surface area (Å²) < 4.78 is 0.772. The van der Waals surface area contributed by atoms with Gasteiger partial charge in [-0.1, -0.05) is 59.0 Å². The zero-order valence-corrected chi connectivity index (χ0v) is 8.52. The SMILES string of the molecule is O/N=C1\SCC(c2ccccc2)S1. The highest BCUT2D eigenvalue weighted by Crippen LogP contribution is 2.43. The molecule has 1 N–H and O–H groups in total. The summed E-state index contributed by atoms with van der Waals surface area (Å²) in [4.78, 5) is 0. The van der Waals surface area contributed by atoms with Gasteiger partial charge < -0.3 is 5.21 Å².